The third-order valence-electron chi connectivity index (χ3n) is 4.03. The standard InChI is InChI=1S/C16H23F3N2.ClH/c1-2-11-21(14-7-9-20-10-8-14)12-13-5-3-4-6-15(13)16(17,18)19;/h3-6,14,20H,2,7-12H2,1H3;1H. The van der Waals surface area contributed by atoms with Gasteiger partial charge >= 0.3 is 6.18 Å². The van der Waals surface area contributed by atoms with E-state index >= 15 is 0 Å². The number of rotatable bonds is 5. The molecule has 1 aromatic carbocycles. The van der Waals surface area contributed by atoms with Crippen molar-refractivity contribution >= 4 is 12.4 Å². The van der Waals surface area contributed by atoms with Gasteiger partial charge in [-0.15, -0.1) is 12.4 Å². The molecule has 0 bridgehead atoms. The Balaban J connectivity index is 0.00000242. The predicted molar refractivity (Wildman–Crippen MR) is 85.3 cm³/mol. The van der Waals surface area contributed by atoms with Crippen molar-refractivity contribution in [3.63, 3.8) is 0 Å². The monoisotopic (exact) mass is 336 g/mol. The quantitative estimate of drug-likeness (QED) is 0.871. The highest BCUT2D eigenvalue weighted by atomic mass is 35.5. The maximum Gasteiger partial charge on any atom is 0.416 e. The van der Waals surface area contributed by atoms with E-state index in [1.807, 2.05) is 0 Å². The molecule has 1 aliphatic heterocycles. The van der Waals surface area contributed by atoms with Crippen LogP contribution in [-0.4, -0.2) is 30.6 Å². The number of halogens is 4. The van der Waals surface area contributed by atoms with Gasteiger partial charge in [0.2, 0.25) is 0 Å². The molecule has 1 N–H and O–H groups in total. The summed E-state index contributed by atoms with van der Waals surface area (Å²) < 4.78 is 39.3. The molecule has 2 rings (SSSR count). The van der Waals surface area contributed by atoms with Crippen LogP contribution in [0.2, 0.25) is 0 Å². The van der Waals surface area contributed by atoms with Crippen molar-refractivity contribution in [3.05, 3.63) is 35.4 Å². The van der Waals surface area contributed by atoms with Gasteiger partial charge in [-0.2, -0.15) is 13.2 Å². The van der Waals surface area contributed by atoms with Gasteiger partial charge in [-0.05, 0) is 50.5 Å². The van der Waals surface area contributed by atoms with Crippen LogP contribution >= 0.6 is 12.4 Å². The van der Waals surface area contributed by atoms with Crippen LogP contribution in [0.3, 0.4) is 0 Å². The minimum atomic E-state index is -4.28. The Labute approximate surface area is 136 Å². The number of benzene rings is 1. The second-order valence-corrected chi connectivity index (χ2v) is 5.61. The summed E-state index contributed by atoms with van der Waals surface area (Å²) in [6, 6.07) is 6.32. The van der Waals surface area contributed by atoms with Crippen molar-refractivity contribution in [3.8, 4) is 0 Å². The SMILES string of the molecule is CCCN(Cc1ccccc1C(F)(F)F)C1CCNCC1.Cl. The zero-order valence-corrected chi connectivity index (χ0v) is 13.6. The molecule has 1 saturated heterocycles. The lowest BCUT2D eigenvalue weighted by Gasteiger charge is -2.35. The van der Waals surface area contributed by atoms with Crippen LogP contribution in [0.25, 0.3) is 0 Å². The van der Waals surface area contributed by atoms with Crippen LogP contribution in [0, 0.1) is 0 Å². The van der Waals surface area contributed by atoms with Gasteiger partial charge in [-0.3, -0.25) is 4.90 Å². The first-order chi connectivity index (χ1) is 10.0. The number of alkyl halides is 3. The normalized spacial score (nSPS) is 16.6. The molecule has 6 heteroatoms. The first-order valence-electron chi connectivity index (χ1n) is 7.62. The van der Waals surface area contributed by atoms with Crippen molar-refractivity contribution in [1.82, 2.24) is 10.2 Å². The maximum atomic E-state index is 13.1. The van der Waals surface area contributed by atoms with E-state index in [2.05, 4.69) is 17.1 Å². The summed E-state index contributed by atoms with van der Waals surface area (Å²) in [5.74, 6) is 0. The smallest absolute Gasteiger partial charge is 0.317 e. The van der Waals surface area contributed by atoms with Gasteiger partial charge in [0.15, 0.2) is 0 Å². The Morgan fingerprint density at radius 1 is 1.18 bits per heavy atom. The molecule has 1 aromatic rings. The van der Waals surface area contributed by atoms with Gasteiger partial charge in [0.25, 0.3) is 0 Å². The second-order valence-electron chi connectivity index (χ2n) is 5.61. The van der Waals surface area contributed by atoms with Gasteiger partial charge in [0.05, 0.1) is 5.56 Å². The third kappa shape index (κ3) is 5.14. The zero-order valence-electron chi connectivity index (χ0n) is 12.8. The van der Waals surface area contributed by atoms with Gasteiger partial charge < -0.3 is 5.32 Å². The first kappa shape index (κ1) is 19.3. The van der Waals surface area contributed by atoms with E-state index in [0.717, 1.165) is 38.9 Å². The van der Waals surface area contributed by atoms with Crippen molar-refractivity contribution in [2.75, 3.05) is 19.6 Å². The van der Waals surface area contributed by atoms with E-state index in [9.17, 15) is 13.2 Å². The van der Waals surface area contributed by atoms with Crippen molar-refractivity contribution in [2.45, 2.75) is 44.9 Å². The molecule has 2 nitrogen and oxygen atoms in total. The number of nitrogens with zero attached hydrogens (tertiary/aromatic N) is 1. The Kier molecular flexibility index (Phi) is 7.66. The number of piperidine rings is 1. The molecule has 0 aliphatic carbocycles. The molecular formula is C16H24ClF3N2. The highest BCUT2D eigenvalue weighted by Gasteiger charge is 2.33. The van der Waals surface area contributed by atoms with Crippen LogP contribution in [0.5, 0.6) is 0 Å². The molecule has 1 fully saturated rings. The van der Waals surface area contributed by atoms with Crippen LogP contribution in [0.1, 0.15) is 37.3 Å². The number of hydrogen-bond acceptors (Lipinski definition) is 2. The molecule has 0 radical (unpaired) electrons. The fourth-order valence-electron chi connectivity index (χ4n) is 3.00. The van der Waals surface area contributed by atoms with E-state index in [0.29, 0.717) is 18.2 Å². The number of nitrogens with one attached hydrogen (secondary N) is 1. The summed E-state index contributed by atoms with van der Waals surface area (Å²) in [5, 5.41) is 3.30. The van der Waals surface area contributed by atoms with Crippen molar-refractivity contribution in [1.29, 1.82) is 0 Å². The van der Waals surface area contributed by atoms with Crippen molar-refractivity contribution < 1.29 is 13.2 Å². The fourth-order valence-corrected chi connectivity index (χ4v) is 3.00. The van der Waals surface area contributed by atoms with Crippen LogP contribution in [0.15, 0.2) is 24.3 Å². The lowest BCUT2D eigenvalue weighted by atomic mass is 10.0. The Bertz CT molecular complexity index is 445. The lowest BCUT2D eigenvalue weighted by Crippen LogP contribution is -2.43. The van der Waals surface area contributed by atoms with E-state index in [1.165, 1.54) is 12.1 Å². The molecule has 0 aromatic heterocycles. The second kappa shape index (κ2) is 8.75. The number of hydrogen-bond donors (Lipinski definition) is 1. The van der Waals surface area contributed by atoms with E-state index < -0.39 is 11.7 Å². The first-order valence-corrected chi connectivity index (χ1v) is 7.62. The van der Waals surface area contributed by atoms with E-state index in [-0.39, 0.29) is 12.4 Å². The summed E-state index contributed by atoms with van der Waals surface area (Å²) in [7, 11) is 0. The summed E-state index contributed by atoms with van der Waals surface area (Å²) >= 11 is 0. The van der Waals surface area contributed by atoms with E-state index in [1.54, 1.807) is 12.1 Å². The molecule has 1 heterocycles. The maximum absolute atomic E-state index is 13.1. The Morgan fingerprint density at radius 2 is 1.82 bits per heavy atom. The van der Waals surface area contributed by atoms with Gasteiger partial charge in [-0.25, -0.2) is 0 Å². The molecule has 0 saturated carbocycles. The molecule has 22 heavy (non-hydrogen) atoms. The summed E-state index contributed by atoms with van der Waals surface area (Å²) in [5.41, 5.74) is -0.114. The third-order valence-corrected chi connectivity index (χ3v) is 4.03. The molecule has 1 aliphatic rings. The molecule has 0 atom stereocenters. The van der Waals surface area contributed by atoms with E-state index in [4.69, 9.17) is 0 Å². The highest BCUT2D eigenvalue weighted by Crippen LogP contribution is 2.32. The van der Waals surface area contributed by atoms with Crippen molar-refractivity contribution in [2.24, 2.45) is 0 Å². The Morgan fingerprint density at radius 3 is 2.41 bits per heavy atom. The average molecular weight is 337 g/mol. The minimum Gasteiger partial charge on any atom is -0.317 e. The predicted octanol–water partition coefficient (Wildman–Crippen LogP) is 4.09. The van der Waals surface area contributed by atoms with Gasteiger partial charge in [-0.1, -0.05) is 25.1 Å². The average Bonchev–Trinajstić information content (AvgIpc) is 2.47. The van der Waals surface area contributed by atoms with Gasteiger partial charge in [0.1, 0.15) is 0 Å². The van der Waals surface area contributed by atoms with Crippen LogP contribution < -0.4 is 5.32 Å². The molecule has 0 unspecified atom stereocenters. The summed E-state index contributed by atoms with van der Waals surface area (Å²) in [6.45, 7) is 5.20. The fraction of sp³-hybridized carbons (Fsp3) is 0.625. The molecule has 0 amide bonds. The minimum absolute atomic E-state index is 0. The molecule has 0 spiro atoms. The highest BCUT2D eigenvalue weighted by molar-refractivity contribution is 5.85. The Hall–Kier alpha value is -0.780. The zero-order chi connectivity index (χ0) is 15.3. The lowest BCUT2D eigenvalue weighted by molar-refractivity contribution is -0.138. The summed E-state index contributed by atoms with van der Waals surface area (Å²) in [6.07, 6.45) is -1.30. The largest absolute Gasteiger partial charge is 0.416 e. The van der Waals surface area contributed by atoms with Gasteiger partial charge in [0, 0.05) is 12.6 Å². The summed E-state index contributed by atoms with van der Waals surface area (Å²) in [4.78, 5) is 2.21. The molecule has 126 valence electrons. The van der Waals surface area contributed by atoms with Crippen LogP contribution in [0.4, 0.5) is 13.2 Å². The topological polar surface area (TPSA) is 15.3 Å². The molecular weight excluding hydrogens is 313 g/mol. The van der Waals surface area contributed by atoms with Crippen LogP contribution in [-0.2, 0) is 12.7 Å².